The van der Waals surface area contributed by atoms with Crippen molar-refractivity contribution in [3.05, 3.63) is 70.0 Å². The molecule has 0 bridgehead atoms. The summed E-state index contributed by atoms with van der Waals surface area (Å²) >= 11 is 0. The highest BCUT2D eigenvalue weighted by atomic mass is 19.1. The van der Waals surface area contributed by atoms with Crippen LogP contribution in [0.3, 0.4) is 0 Å². The topological polar surface area (TPSA) is 74.6 Å². The van der Waals surface area contributed by atoms with Crippen LogP contribution in [0.25, 0.3) is 16.6 Å². The molecule has 4 rings (SSSR count). The van der Waals surface area contributed by atoms with Crippen LogP contribution in [-0.2, 0) is 0 Å². The fraction of sp³-hybridized carbons (Fsp3) is 0.273. The molecule has 1 aliphatic heterocycles. The molecule has 8 heteroatoms. The van der Waals surface area contributed by atoms with Gasteiger partial charge >= 0.3 is 5.97 Å². The first-order valence-electron chi connectivity index (χ1n) is 9.65. The van der Waals surface area contributed by atoms with E-state index in [2.05, 4.69) is 5.32 Å². The molecule has 30 heavy (non-hydrogen) atoms. The van der Waals surface area contributed by atoms with Crippen LogP contribution in [0.15, 0.2) is 47.4 Å². The number of carboxylic acid groups (broad SMARTS) is 1. The molecule has 156 valence electrons. The Kier molecular flexibility index (Phi) is 5.03. The average molecular weight is 413 g/mol. The number of anilines is 1. The Labute approximate surface area is 171 Å². The second-order valence-electron chi connectivity index (χ2n) is 7.67. The number of para-hydroxylation sites is 1. The molecule has 2 unspecified atom stereocenters. The Balaban J connectivity index is 2.06. The largest absolute Gasteiger partial charge is 0.477 e. The minimum Gasteiger partial charge on any atom is -0.477 e. The van der Waals surface area contributed by atoms with Gasteiger partial charge in [-0.05, 0) is 32.0 Å². The van der Waals surface area contributed by atoms with Crippen molar-refractivity contribution in [1.82, 2.24) is 9.88 Å². The fourth-order valence-electron chi connectivity index (χ4n) is 4.15. The van der Waals surface area contributed by atoms with E-state index < -0.39 is 28.6 Å². The van der Waals surface area contributed by atoms with E-state index in [9.17, 15) is 14.7 Å². The second kappa shape index (κ2) is 7.53. The van der Waals surface area contributed by atoms with Gasteiger partial charge in [0.05, 0.1) is 10.9 Å². The van der Waals surface area contributed by atoms with Crippen molar-refractivity contribution < 1.29 is 18.7 Å². The van der Waals surface area contributed by atoms with Crippen molar-refractivity contribution >= 4 is 22.6 Å². The van der Waals surface area contributed by atoms with E-state index in [0.717, 1.165) is 12.3 Å². The molecule has 0 amide bonds. The lowest BCUT2D eigenvalue weighted by Crippen LogP contribution is -2.54. The number of hydrogen-bond donors (Lipinski definition) is 2. The molecule has 2 atom stereocenters. The zero-order valence-electron chi connectivity index (χ0n) is 16.5. The maximum absolute atomic E-state index is 15.8. The number of nitrogens with one attached hydrogen (secondary N) is 1. The highest BCUT2D eigenvalue weighted by Gasteiger charge is 2.29. The van der Waals surface area contributed by atoms with Crippen LogP contribution in [0.4, 0.5) is 14.5 Å². The molecule has 0 aliphatic carbocycles. The van der Waals surface area contributed by atoms with E-state index in [1.165, 1.54) is 4.57 Å². The van der Waals surface area contributed by atoms with Crippen LogP contribution in [0, 0.1) is 11.6 Å². The van der Waals surface area contributed by atoms with Crippen LogP contribution in [0.2, 0.25) is 0 Å². The van der Waals surface area contributed by atoms with Crippen molar-refractivity contribution in [1.29, 1.82) is 0 Å². The van der Waals surface area contributed by atoms with E-state index in [0.29, 0.717) is 18.8 Å². The van der Waals surface area contributed by atoms with Gasteiger partial charge < -0.3 is 19.9 Å². The molecule has 0 spiro atoms. The second-order valence-corrected chi connectivity index (χ2v) is 7.67. The summed E-state index contributed by atoms with van der Waals surface area (Å²) in [5.74, 6) is -3.23. The maximum atomic E-state index is 15.8. The molecule has 6 nitrogen and oxygen atoms in total. The number of piperazine rings is 1. The van der Waals surface area contributed by atoms with Gasteiger partial charge in [-0.3, -0.25) is 4.79 Å². The van der Waals surface area contributed by atoms with Crippen LogP contribution < -0.4 is 15.6 Å². The molecular weight excluding hydrogens is 392 g/mol. The normalized spacial score (nSPS) is 19.3. The summed E-state index contributed by atoms with van der Waals surface area (Å²) in [5, 5.41) is 12.4. The Bertz CT molecular complexity index is 1180. The quantitative estimate of drug-likeness (QED) is 0.690. The molecule has 1 saturated heterocycles. The minimum absolute atomic E-state index is 0.0222. The summed E-state index contributed by atoms with van der Waals surface area (Å²) in [7, 11) is 0. The SMILES string of the molecule is CC1CN(c2c(F)cc3c(=O)c(C(=O)O)cn(-c4ccccc4)c3c2F)CC(C)N1. The van der Waals surface area contributed by atoms with E-state index >= 15 is 8.78 Å². The van der Waals surface area contributed by atoms with Gasteiger partial charge in [0.15, 0.2) is 5.82 Å². The number of carboxylic acids is 1. The summed E-state index contributed by atoms with van der Waals surface area (Å²) in [4.78, 5) is 25.9. The van der Waals surface area contributed by atoms with Crippen LogP contribution in [0.1, 0.15) is 24.2 Å². The predicted molar refractivity (Wildman–Crippen MR) is 111 cm³/mol. The number of pyridine rings is 1. The summed E-state index contributed by atoms with van der Waals surface area (Å²) in [5.41, 5.74) is -1.37. The van der Waals surface area contributed by atoms with E-state index in [-0.39, 0.29) is 28.7 Å². The summed E-state index contributed by atoms with van der Waals surface area (Å²) in [6, 6.07) is 9.49. The zero-order valence-corrected chi connectivity index (χ0v) is 16.5. The first-order chi connectivity index (χ1) is 14.3. The lowest BCUT2D eigenvalue weighted by atomic mass is 10.1. The van der Waals surface area contributed by atoms with Crippen molar-refractivity contribution in [2.24, 2.45) is 0 Å². The number of benzene rings is 2. The van der Waals surface area contributed by atoms with Crippen LogP contribution in [0.5, 0.6) is 0 Å². The molecule has 1 fully saturated rings. The van der Waals surface area contributed by atoms with Crippen molar-refractivity contribution in [3.8, 4) is 5.69 Å². The lowest BCUT2D eigenvalue weighted by molar-refractivity contribution is 0.0695. The number of aromatic nitrogens is 1. The third-order valence-electron chi connectivity index (χ3n) is 5.30. The van der Waals surface area contributed by atoms with Gasteiger partial charge in [0, 0.05) is 37.1 Å². The standard InChI is InChI=1S/C22H21F2N3O3/c1-12-9-26(10-13(2)25-12)20-17(23)8-15-19(18(20)24)27(14-6-4-3-5-7-14)11-16(21(15)28)22(29)30/h3-8,11-13,25H,9-10H2,1-2H3,(H,29,30). The Morgan fingerprint density at radius 3 is 2.37 bits per heavy atom. The number of carbonyl (C=O) groups is 1. The maximum Gasteiger partial charge on any atom is 0.341 e. The van der Waals surface area contributed by atoms with Crippen molar-refractivity contribution in [2.45, 2.75) is 25.9 Å². The number of fused-ring (bicyclic) bond motifs is 1. The third-order valence-corrected chi connectivity index (χ3v) is 5.30. The van der Waals surface area contributed by atoms with Gasteiger partial charge in [-0.2, -0.15) is 0 Å². The molecular formula is C22H21F2N3O3. The molecule has 2 heterocycles. The van der Waals surface area contributed by atoms with Gasteiger partial charge in [-0.15, -0.1) is 0 Å². The molecule has 0 saturated carbocycles. The highest BCUT2D eigenvalue weighted by molar-refractivity contribution is 5.94. The van der Waals surface area contributed by atoms with Gasteiger partial charge in [0.25, 0.3) is 0 Å². The molecule has 1 aliphatic rings. The minimum atomic E-state index is -1.46. The average Bonchev–Trinajstić information content (AvgIpc) is 2.68. The highest BCUT2D eigenvalue weighted by Crippen LogP contribution is 2.32. The lowest BCUT2D eigenvalue weighted by Gasteiger charge is -2.38. The number of nitrogens with zero attached hydrogens (tertiary/aromatic N) is 2. The summed E-state index contributed by atoms with van der Waals surface area (Å²) in [6.45, 7) is 4.65. The number of hydrogen-bond acceptors (Lipinski definition) is 4. The Hall–Kier alpha value is -3.26. The monoisotopic (exact) mass is 413 g/mol. The number of halogens is 2. The summed E-state index contributed by atoms with van der Waals surface area (Å²) in [6.07, 6.45) is 1.09. The molecule has 1 aromatic heterocycles. The Morgan fingerprint density at radius 2 is 1.77 bits per heavy atom. The molecule has 3 aromatic rings. The van der Waals surface area contributed by atoms with Gasteiger partial charge in [0.1, 0.15) is 17.1 Å². The summed E-state index contributed by atoms with van der Waals surface area (Å²) < 4.78 is 32.2. The van der Waals surface area contributed by atoms with E-state index in [1.807, 2.05) is 13.8 Å². The van der Waals surface area contributed by atoms with Gasteiger partial charge in [-0.1, -0.05) is 18.2 Å². The first-order valence-corrected chi connectivity index (χ1v) is 9.65. The predicted octanol–water partition coefficient (Wildman–Crippen LogP) is 3.15. The van der Waals surface area contributed by atoms with Gasteiger partial charge in [0.2, 0.25) is 5.43 Å². The number of rotatable bonds is 3. The fourth-order valence-corrected chi connectivity index (χ4v) is 4.15. The first kappa shape index (κ1) is 20.0. The third kappa shape index (κ3) is 3.33. The van der Waals surface area contributed by atoms with Crippen molar-refractivity contribution in [3.63, 3.8) is 0 Å². The van der Waals surface area contributed by atoms with Crippen LogP contribution in [-0.4, -0.2) is 40.8 Å². The molecule has 2 aromatic carbocycles. The van der Waals surface area contributed by atoms with Crippen molar-refractivity contribution in [2.75, 3.05) is 18.0 Å². The number of aromatic carboxylic acids is 1. The molecule has 0 radical (unpaired) electrons. The van der Waals surface area contributed by atoms with Gasteiger partial charge in [-0.25, -0.2) is 13.6 Å². The molecule has 2 N–H and O–H groups in total. The van der Waals surface area contributed by atoms with E-state index in [4.69, 9.17) is 0 Å². The van der Waals surface area contributed by atoms with Crippen LogP contribution >= 0.6 is 0 Å². The smallest absolute Gasteiger partial charge is 0.341 e. The Morgan fingerprint density at radius 1 is 1.13 bits per heavy atom. The zero-order chi connectivity index (χ0) is 21.6. The van der Waals surface area contributed by atoms with E-state index in [1.54, 1.807) is 35.2 Å².